The summed E-state index contributed by atoms with van der Waals surface area (Å²) in [5.41, 5.74) is 2.12. The summed E-state index contributed by atoms with van der Waals surface area (Å²) in [6, 6.07) is 10.5. The Morgan fingerprint density at radius 1 is 1.28 bits per heavy atom. The van der Waals surface area contributed by atoms with Crippen molar-refractivity contribution in [3.8, 4) is 0 Å². The van der Waals surface area contributed by atoms with Crippen LogP contribution in [0.2, 0.25) is 0 Å². The molecule has 1 radical (unpaired) electrons. The van der Waals surface area contributed by atoms with E-state index in [0.29, 0.717) is 6.54 Å². The smallest absolute Gasteiger partial charge is 0.270 e. The van der Waals surface area contributed by atoms with Gasteiger partial charge in [-0.05, 0) is 29.7 Å². The molecule has 0 spiro atoms. The second-order valence-electron chi connectivity index (χ2n) is 5.86. The third-order valence-electron chi connectivity index (χ3n) is 3.64. The summed E-state index contributed by atoms with van der Waals surface area (Å²) in [5, 5.41) is 12.0. The molecule has 6 nitrogen and oxygen atoms in total. The van der Waals surface area contributed by atoms with Gasteiger partial charge in [0.1, 0.15) is 5.03 Å². The van der Waals surface area contributed by atoms with Crippen LogP contribution >= 0.6 is 11.8 Å². The zero-order valence-electron chi connectivity index (χ0n) is 13.9. The van der Waals surface area contributed by atoms with Crippen molar-refractivity contribution in [1.82, 2.24) is 14.5 Å². The zero-order valence-corrected chi connectivity index (χ0v) is 14.7. The van der Waals surface area contributed by atoms with Crippen molar-refractivity contribution in [3.05, 3.63) is 76.5 Å². The predicted octanol–water partition coefficient (Wildman–Crippen LogP) is 4.31. The van der Waals surface area contributed by atoms with Crippen molar-refractivity contribution < 1.29 is 4.92 Å². The van der Waals surface area contributed by atoms with Crippen LogP contribution < -0.4 is 0 Å². The molecular weight excluding hydrogens is 336 g/mol. The lowest BCUT2D eigenvalue weighted by Crippen LogP contribution is -2.02. The maximum atomic E-state index is 11.0. The normalized spacial score (nSPS) is 11.0. The molecule has 0 amide bonds. The summed E-state index contributed by atoms with van der Waals surface area (Å²) >= 11 is 1.48. The zero-order chi connectivity index (χ0) is 17.8. The highest BCUT2D eigenvalue weighted by molar-refractivity contribution is 7.99. The highest BCUT2D eigenvalue weighted by Gasteiger charge is 2.17. The number of aromatic nitrogens is 3. The number of hydrogen-bond acceptors (Lipinski definition) is 5. The van der Waals surface area contributed by atoms with Gasteiger partial charge in [-0.15, -0.1) is 0 Å². The van der Waals surface area contributed by atoms with Crippen molar-refractivity contribution in [2.75, 3.05) is 0 Å². The first kappa shape index (κ1) is 17.2. The van der Waals surface area contributed by atoms with Crippen LogP contribution in [0.25, 0.3) is 0 Å². The quantitative estimate of drug-likeness (QED) is 0.488. The first-order valence-electron chi connectivity index (χ1n) is 7.84. The third-order valence-corrected chi connectivity index (χ3v) is 4.75. The molecule has 127 valence electrons. The molecular formula is C18H17N4O2S. The number of rotatable bonds is 6. The van der Waals surface area contributed by atoms with Gasteiger partial charge in [0.05, 0.1) is 17.2 Å². The second kappa shape index (κ2) is 7.48. The van der Waals surface area contributed by atoms with E-state index >= 15 is 0 Å². The summed E-state index contributed by atoms with van der Waals surface area (Å²) in [7, 11) is 0. The summed E-state index contributed by atoms with van der Waals surface area (Å²) in [6.07, 6.45) is 6.56. The highest BCUT2D eigenvalue weighted by Crippen LogP contribution is 2.35. The maximum absolute atomic E-state index is 11.0. The van der Waals surface area contributed by atoms with Crippen molar-refractivity contribution in [3.63, 3.8) is 0 Å². The van der Waals surface area contributed by atoms with Crippen molar-refractivity contribution >= 4 is 17.4 Å². The van der Waals surface area contributed by atoms with Crippen LogP contribution in [0.5, 0.6) is 0 Å². The topological polar surface area (TPSA) is 73.8 Å². The van der Waals surface area contributed by atoms with Gasteiger partial charge in [0.15, 0.2) is 6.33 Å². The van der Waals surface area contributed by atoms with E-state index in [2.05, 4.69) is 30.1 Å². The van der Waals surface area contributed by atoms with Gasteiger partial charge in [0.25, 0.3) is 5.69 Å². The van der Waals surface area contributed by atoms with E-state index in [1.54, 1.807) is 24.5 Å². The molecule has 0 aliphatic heterocycles. The molecule has 0 unspecified atom stereocenters. The summed E-state index contributed by atoms with van der Waals surface area (Å²) in [6.45, 7) is 4.77. The minimum Gasteiger partial charge on any atom is -0.312 e. The fraction of sp³-hybridized carbons (Fsp3) is 0.222. The predicted molar refractivity (Wildman–Crippen MR) is 95.7 cm³/mol. The van der Waals surface area contributed by atoms with Crippen LogP contribution in [0.4, 0.5) is 5.69 Å². The molecule has 0 N–H and O–H groups in total. The molecule has 2 aromatic heterocycles. The van der Waals surface area contributed by atoms with Crippen molar-refractivity contribution in [2.45, 2.75) is 36.2 Å². The number of nitro benzene ring substituents is 1. The fourth-order valence-corrected chi connectivity index (χ4v) is 3.53. The van der Waals surface area contributed by atoms with Crippen molar-refractivity contribution in [2.24, 2.45) is 0 Å². The van der Waals surface area contributed by atoms with Crippen molar-refractivity contribution in [1.29, 1.82) is 0 Å². The van der Waals surface area contributed by atoms with Crippen LogP contribution in [-0.2, 0) is 6.54 Å². The van der Waals surface area contributed by atoms with Crippen LogP contribution in [0.3, 0.4) is 0 Å². The lowest BCUT2D eigenvalue weighted by atomic mass is 10.1. The van der Waals surface area contributed by atoms with Gasteiger partial charge in [-0.3, -0.25) is 15.1 Å². The molecule has 0 saturated heterocycles. The molecule has 1 aromatic carbocycles. The fourth-order valence-electron chi connectivity index (χ4n) is 2.38. The van der Waals surface area contributed by atoms with E-state index in [-0.39, 0.29) is 16.5 Å². The second-order valence-corrected chi connectivity index (χ2v) is 6.92. The number of nitrogens with zero attached hydrogens (tertiary/aromatic N) is 4. The third kappa shape index (κ3) is 4.06. The molecule has 0 saturated carbocycles. The Balaban J connectivity index is 1.94. The summed E-state index contributed by atoms with van der Waals surface area (Å²) < 4.78 is 1.95. The Morgan fingerprint density at radius 3 is 2.72 bits per heavy atom. The molecule has 7 heteroatoms. The highest BCUT2D eigenvalue weighted by atomic mass is 32.2. The summed E-state index contributed by atoms with van der Waals surface area (Å²) in [4.78, 5) is 19.9. The number of hydrogen-bond donors (Lipinski definition) is 0. The molecule has 2 heterocycles. The Labute approximate surface area is 150 Å². The summed E-state index contributed by atoms with van der Waals surface area (Å²) in [5.74, 6) is 0.233. The minimum absolute atomic E-state index is 0.0836. The molecule has 0 bridgehead atoms. The number of nitro groups is 1. The lowest BCUT2D eigenvalue weighted by molar-refractivity contribution is -0.385. The maximum Gasteiger partial charge on any atom is 0.270 e. The SMILES string of the molecule is CC(C)c1n[c]n(Cc2ccncc2)c1Sc1cccc([N+](=O)[O-])c1. The Kier molecular flexibility index (Phi) is 5.14. The van der Waals surface area contributed by atoms with E-state index in [0.717, 1.165) is 21.2 Å². The number of non-ortho nitro benzene ring substituents is 1. The molecule has 3 rings (SSSR count). The molecule has 25 heavy (non-hydrogen) atoms. The first-order valence-corrected chi connectivity index (χ1v) is 8.65. The van der Waals surface area contributed by atoms with Gasteiger partial charge < -0.3 is 4.57 Å². The van der Waals surface area contributed by atoms with Gasteiger partial charge in [-0.2, -0.15) is 0 Å². The number of pyridine rings is 1. The standard InChI is InChI=1S/C18H17N4O2S/c1-13(2)17-18(25-16-5-3-4-15(10-16)22(23)24)21(12-20-17)11-14-6-8-19-9-7-14/h3-10,13H,11H2,1-2H3. The molecule has 0 aliphatic carbocycles. The van der Waals surface area contributed by atoms with E-state index in [9.17, 15) is 10.1 Å². The number of benzene rings is 1. The largest absolute Gasteiger partial charge is 0.312 e. The average Bonchev–Trinajstić information content (AvgIpc) is 2.99. The molecule has 3 aromatic rings. The van der Waals surface area contributed by atoms with E-state index < -0.39 is 0 Å². The van der Waals surface area contributed by atoms with E-state index in [4.69, 9.17) is 0 Å². The van der Waals surface area contributed by atoms with Gasteiger partial charge in [0, 0.05) is 29.4 Å². The van der Waals surface area contributed by atoms with Gasteiger partial charge in [-0.1, -0.05) is 31.7 Å². The molecule has 0 aliphatic rings. The Hall–Kier alpha value is -2.67. The van der Waals surface area contributed by atoms with Gasteiger partial charge in [0.2, 0.25) is 0 Å². The van der Waals surface area contributed by atoms with Crippen LogP contribution in [0.15, 0.2) is 58.7 Å². The average molecular weight is 353 g/mol. The Morgan fingerprint density at radius 2 is 2.04 bits per heavy atom. The molecule has 0 atom stereocenters. The van der Waals surface area contributed by atoms with Crippen LogP contribution in [0, 0.1) is 16.4 Å². The van der Waals surface area contributed by atoms with E-state index in [1.807, 2.05) is 22.8 Å². The minimum atomic E-state index is -0.381. The van der Waals surface area contributed by atoms with Gasteiger partial charge in [-0.25, -0.2) is 4.98 Å². The lowest BCUT2D eigenvalue weighted by Gasteiger charge is -2.11. The Bertz CT molecular complexity index is 878. The van der Waals surface area contributed by atoms with E-state index in [1.165, 1.54) is 17.8 Å². The van der Waals surface area contributed by atoms with Gasteiger partial charge >= 0.3 is 0 Å². The number of imidazole rings is 1. The first-order chi connectivity index (χ1) is 12.0. The monoisotopic (exact) mass is 353 g/mol. The molecule has 0 fully saturated rings. The van der Waals surface area contributed by atoms with Crippen LogP contribution in [-0.4, -0.2) is 19.5 Å². The van der Waals surface area contributed by atoms with Crippen LogP contribution in [0.1, 0.15) is 31.0 Å².